The third-order valence-corrected chi connectivity index (χ3v) is 4.43. The molecule has 0 bridgehead atoms. The van der Waals surface area contributed by atoms with E-state index in [0.29, 0.717) is 6.42 Å². The summed E-state index contributed by atoms with van der Waals surface area (Å²) in [7, 11) is 0. The lowest BCUT2D eigenvalue weighted by atomic mass is 10.1. The molecule has 0 aliphatic carbocycles. The topological polar surface area (TPSA) is 46.5 Å². The molecule has 3 nitrogen and oxygen atoms in total. The average molecular weight is 376 g/mol. The molecular weight excluding hydrogens is 348 g/mol. The van der Waals surface area contributed by atoms with Crippen molar-refractivity contribution in [2.24, 2.45) is 0 Å². The van der Waals surface area contributed by atoms with Crippen LogP contribution in [0, 0.1) is 11.8 Å². The summed E-state index contributed by atoms with van der Waals surface area (Å²) in [6.45, 7) is 5.53. The molecule has 0 saturated carbocycles. The highest BCUT2D eigenvalue weighted by Crippen LogP contribution is 2.09. The van der Waals surface area contributed by atoms with Crippen LogP contribution in [0.2, 0.25) is 0 Å². The van der Waals surface area contributed by atoms with Gasteiger partial charge in [-0.05, 0) is 48.2 Å². The van der Waals surface area contributed by atoms with E-state index in [4.69, 9.17) is 9.84 Å². The van der Waals surface area contributed by atoms with Gasteiger partial charge in [0, 0.05) is 17.5 Å². The van der Waals surface area contributed by atoms with Crippen LogP contribution in [0.25, 0.3) is 0 Å². The Labute approximate surface area is 168 Å². The molecule has 146 valence electrons. The van der Waals surface area contributed by atoms with Gasteiger partial charge in [0.15, 0.2) is 0 Å². The van der Waals surface area contributed by atoms with Crippen LogP contribution in [0.3, 0.4) is 0 Å². The van der Waals surface area contributed by atoms with E-state index in [-0.39, 0.29) is 18.8 Å². The van der Waals surface area contributed by atoms with E-state index in [1.54, 1.807) is 0 Å². The Hall–Kier alpha value is -2.83. The van der Waals surface area contributed by atoms with Crippen molar-refractivity contribution < 1.29 is 14.6 Å². The van der Waals surface area contributed by atoms with Crippen LogP contribution < -0.4 is 0 Å². The monoisotopic (exact) mass is 376 g/mol. The number of unbranched alkanes of at least 4 members (excludes halogenated alkanes) is 2. The number of aryl methyl sites for hydroxylation is 1. The lowest BCUT2D eigenvalue weighted by Gasteiger charge is -2.05. The first-order valence-electron chi connectivity index (χ1n) is 9.78. The Bertz CT molecular complexity index is 821. The smallest absolute Gasteiger partial charge is 0.335 e. The molecule has 0 heterocycles. The Morgan fingerprint density at radius 2 is 1.46 bits per heavy atom. The van der Waals surface area contributed by atoms with Crippen LogP contribution in [0.1, 0.15) is 48.4 Å². The first-order chi connectivity index (χ1) is 13.6. The molecule has 3 heteroatoms. The van der Waals surface area contributed by atoms with Gasteiger partial charge in [-0.25, -0.2) is 4.79 Å². The van der Waals surface area contributed by atoms with Gasteiger partial charge in [0.05, 0.1) is 18.8 Å². The summed E-state index contributed by atoms with van der Waals surface area (Å²) in [5.41, 5.74) is 4.45. The van der Waals surface area contributed by atoms with Gasteiger partial charge in [-0.2, -0.15) is 0 Å². The summed E-state index contributed by atoms with van der Waals surface area (Å²) in [5.74, 6) is 5.83. The van der Waals surface area contributed by atoms with Crippen molar-refractivity contribution in [1.82, 2.24) is 0 Å². The Kier molecular flexibility index (Phi) is 9.04. The molecule has 2 rings (SSSR count). The number of hydrogen-bond donors (Lipinski definition) is 1. The Morgan fingerprint density at radius 1 is 0.929 bits per heavy atom. The Balaban J connectivity index is 1.84. The van der Waals surface area contributed by atoms with E-state index >= 15 is 0 Å². The molecule has 0 saturated heterocycles. The van der Waals surface area contributed by atoms with Crippen molar-refractivity contribution in [3.8, 4) is 11.8 Å². The first-order valence-corrected chi connectivity index (χ1v) is 9.78. The van der Waals surface area contributed by atoms with Crippen molar-refractivity contribution in [1.29, 1.82) is 0 Å². The summed E-state index contributed by atoms with van der Waals surface area (Å²) in [5, 5.41) is 8.83. The van der Waals surface area contributed by atoms with E-state index in [9.17, 15) is 4.79 Å². The highest BCUT2D eigenvalue weighted by molar-refractivity contribution is 5.87. The number of aliphatic hydroxyl groups excluding tert-OH is 1. The predicted molar refractivity (Wildman–Crippen MR) is 113 cm³/mol. The Morgan fingerprint density at radius 3 is 1.96 bits per heavy atom. The number of ether oxygens (including phenoxy) is 1. The van der Waals surface area contributed by atoms with Crippen molar-refractivity contribution in [2.75, 3.05) is 13.2 Å². The number of benzene rings is 2. The zero-order chi connectivity index (χ0) is 20.2. The summed E-state index contributed by atoms with van der Waals surface area (Å²) < 4.78 is 5.05. The maximum atomic E-state index is 11.4. The molecule has 2 aromatic rings. The van der Waals surface area contributed by atoms with Gasteiger partial charge in [0.2, 0.25) is 0 Å². The lowest BCUT2D eigenvalue weighted by molar-refractivity contribution is -0.139. The maximum Gasteiger partial charge on any atom is 0.335 e. The highest BCUT2D eigenvalue weighted by atomic mass is 16.5. The molecule has 28 heavy (non-hydrogen) atoms. The molecule has 0 aliphatic heterocycles. The largest absolute Gasteiger partial charge is 0.462 e. The van der Waals surface area contributed by atoms with Gasteiger partial charge in [-0.1, -0.05) is 62.5 Å². The van der Waals surface area contributed by atoms with Crippen LogP contribution >= 0.6 is 0 Å². The van der Waals surface area contributed by atoms with Crippen molar-refractivity contribution >= 4 is 5.97 Å². The molecule has 0 radical (unpaired) electrons. The van der Waals surface area contributed by atoms with E-state index in [1.165, 1.54) is 24.8 Å². The molecule has 0 aliphatic rings. The number of carbonyl (C=O) groups is 1. The predicted octanol–water partition coefficient (Wildman–Crippen LogP) is 4.45. The summed E-state index contributed by atoms with van der Waals surface area (Å²) in [4.78, 5) is 11.4. The fraction of sp³-hybridized carbons (Fsp3) is 0.320. The number of esters is 1. The molecular formula is C25H28O3. The fourth-order valence-electron chi connectivity index (χ4n) is 2.66. The molecule has 2 aromatic carbocycles. The average Bonchev–Trinajstić information content (AvgIpc) is 2.73. The normalized spacial score (nSPS) is 10.1. The van der Waals surface area contributed by atoms with Crippen LogP contribution in [0.5, 0.6) is 0 Å². The minimum Gasteiger partial charge on any atom is -0.462 e. The second kappa shape index (κ2) is 11.8. The number of rotatable bonds is 9. The summed E-state index contributed by atoms with van der Waals surface area (Å²) >= 11 is 0. The molecule has 0 atom stereocenters. The van der Waals surface area contributed by atoms with Gasteiger partial charge >= 0.3 is 5.97 Å². The standard InChI is InChI=1S/C25H28O3/c1-3-4-5-6-21-7-9-22(10-8-21)11-12-23-13-15-24(16-14-23)17-18-28-25(27)20(2)19-26/h7-10,13-16,26H,2-6,17-19H2,1H3. The molecule has 0 fully saturated rings. The van der Waals surface area contributed by atoms with Crippen LogP contribution in [0.15, 0.2) is 60.7 Å². The molecule has 0 amide bonds. The lowest BCUT2D eigenvalue weighted by Crippen LogP contribution is -2.11. The van der Waals surface area contributed by atoms with Gasteiger partial charge in [0.25, 0.3) is 0 Å². The molecule has 0 aromatic heterocycles. The van der Waals surface area contributed by atoms with Crippen LogP contribution in [0.4, 0.5) is 0 Å². The van der Waals surface area contributed by atoms with E-state index in [2.05, 4.69) is 49.6 Å². The number of hydrogen-bond acceptors (Lipinski definition) is 3. The van der Waals surface area contributed by atoms with Gasteiger partial charge in [0.1, 0.15) is 0 Å². The third kappa shape index (κ3) is 7.42. The van der Waals surface area contributed by atoms with Gasteiger partial charge in [-0.3, -0.25) is 0 Å². The minimum absolute atomic E-state index is 0.0691. The maximum absolute atomic E-state index is 11.4. The van der Waals surface area contributed by atoms with Crippen LogP contribution in [-0.2, 0) is 22.4 Å². The van der Waals surface area contributed by atoms with E-state index in [0.717, 1.165) is 23.1 Å². The molecule has 0 unspecified atom stereocenters. The SMILES string of the molecule is C=C(CO)C(=O)OCCc1ccc(C#Cc2ccc(CCCCC)cc2)cc1. The quantitative estimate of drug-likeness (QED) is 0.304. The fourth-order valence-corrected chi connectivity index (χ4v) is 2.66. The third-order valence-electron chi connectivity index (χ3n) is 4.43. The summed E-state index contributed by atoms with van der Waals surface area (Å²) in [6.07, 6.45) is 5.50. The van der Waals surface area contributed by atoms with Crippen LogP contribution in [-0.4, -0.2) is 24.3 Å². The molecule has 0 spiro atoms. The number of aliphatic hydroxyl groups is 1. The van der Waals surface area contributed by atoms with Crippen molar-refractivity contribution in [2.45, 2.75) is 39.0 Å². The second-order valence-corrected chi connectivity index (χ2v) is 6.75. The van der Waals surface area contributed by atoms with Gasteiger partial charge < -0.3 is 9.84 Å². The molecule has 1 N–H and O–H groups in total. The zero-order valence-corrected chi connectivity index (χ0v) is 16.5. The van der Waals surface area contributed by atoms with E-state index < -0.39 is 5.97 Å². The minimum atomic E-state index is -0.554. The number of carbonyl (C=O) groups excluding carboxylic acids is 1. The first kappa shape index (κ1) is 21.5. The highest BCUT2D eigenvalue weighted by Gasteiger charge is 2.06. The summed E-state index contributed by atoms with van der Waals surface area (Å²) in [6, 6.07) is 16.4. The van der Waals surface area contributed by atoms with Crippen molar-refractivity contribution in [3.05, 3.63) is 82.9 Å². The van der Waals surface area contributed by atoms with Crippen molar-refractivity contribution in [3.63, 3.8) is 0 Å². The van der Waals surface area contributed by atoms with E-state index in [1.807, 2.05) is 24.3 Å². The van der Waals surface area contributed by atoms with Gasteiger partial charge in [-0.15, -0.1) is 0 Å². The second-order valence-electron chi connectivity index (χ2n) is 6.75. The zero-order valence-electron chi connectivity index (χ0n) is 16.5.